The second-order valence-electron chi connectivity index (χ2n) is 6.00. The van der Waals surface area contributed by atoms with Crippen LogP contribution in [-0.2, 0) is 4.79 Å². The van der Waals surface area contributed by atoms with Gasteiger partial charge in [0.25, 0.3) is 0 Å². The summed E-state index contributed by atoms with van der Waals surface area (Å²) in [6, 6.07) is -0.0469. The van der Waals surface area contributed by atoms with E-state index in [0.717, 1.165) is 18.8 Å². The summed E-state index contributed by atoms with van der Waals surface area (Å²) in [5, 5.41) is 0. The van der Waals surface area contributed by atoms with Gasteiger partial charge in [0, 0.05) is 29.6 Å². The Morgan fingerprint density at radius 3 is 2.56 bits per heavy atom. The highest BCUT2D eigenvalue weighted by molar-refractivity contribution is 8.00. The molecule has 0 aromatic rings. The zero-order valence-electron chi connectivity index (χ0n) is 11.7. The van der Waals surface area contributed by atoms with Gasteiger partial charge in [-0.15, -0.1) is 0 Å². The van der Waals surface area contributed by atoms with Crippen LogP contribution >= 0.6 is 11.8 Å². The summed E-state index contributed by atoms with van der Waals surface area (Å²) in [5.74, 6) is 1.31. The minimum atomic E-state index is -0.0475. The van der Waals surface area contributed by atoms with E-state index >= 15 is 0 Å². The first kappa shape index (κ1) is 14.2. The molecule has 2 unspecified atom stereocenters. The van der Waals surface area contributed by atoms with Gasteiger partial charge in [-0.25, -0.2) is 0 Å². The standard InChI is InChI=1S/C14H26N2OS/c1-11(12(2)15)13(17)16-8-9-18-14(10-16)6-4-3-5-7-14/h11-12H,3-10,15H2,1-2H3. The van der Waals surface area contributed by atoms with Crippen LogP contribution in [0, 0.1) is 5.92 Å². The molecular weight excluding hydrogens is 244 g/mol. The zero-order valence-corrected chi connectivity index (χ0v) is 12.5. The van der Waals surface area contributed by atoms with Crippen molar-refractivity contribution in [1.29, 1.82) is 0 Å². The van der Waals surface area contributed by atoms with E-state index in [2.05, 4.69) is 16.7 Å². The summed E-state index contributed by atoms with van der Waals surface area (Å²) in [6.07, 6.45) is 6.60. The van der Waals surface area contributed by atoms with Gasteiger partial charge < -0.3 is 10.6 Å². The lowest BCUT2D eigenvalue weighted by molar-refractivity contribution is -0.136. The molecule has 1 saturated heterocycles. The molecule has 0 aromatic carbocycles. The first-order valence-electron chi connectivity index (χ1n) is 7.22. The van der Waals surface area contributed by atoms with Gasteiger partial charge in [-0.05, 0) is 19.8 Å². The van der Waals surface area contributed by atoms with Gasteiger partial charge in [0.1, 0.15) is 0 Å². The van der Waals surface area contributed by atoms with Crippen molar-refractivity contribution >= 4 is 17.7 Å². The number of carbonyl (C=O) groups excluding carboxylic acids is 1. The second-order valence-corrected chi connectivity index (χ2v) is 7.56. The highest BCUT2D eigenvalue weighted by Gasteiger charge is 2.39. The molecule has 2 aliphatic rings. The average Bonchev–Trinajstić information content (AvgIpc) is 2.38. The number of rotatable bonds is 2. The minimum Gasteiger partial charge on any atom is -0.340 e. The van der Waals surface area contributed by atoms with Gasteiger partial charge in [0.2, 0.25) is 5.91 Å². The third kappa shape index (κ3) is 3.02. The van der Waals surface area contributed by atoms with Crippen LogP contribution in [0.4, 0.5) is 0 Å². The fourth-order valence-electron chi connectivity index (χ4n) is 3.04. The zero-order chi connectivity index (χ0) is 13.2. The molecule has 1 spiro atoms. The number of hydrogen-bond donors (Lipinski definition) is 1. The SMILES string of the molecule is CC(N)C(C)C(=O)N1CCSC2(CCCCC2)C1. The number of carbonyl (C=O) groups is 1. The Hall–Kier alpha value is -0.220. The molecule has 18 heavy (non-hydrogen) atoms. The summed E-state index contributed by atoms with van der Waals surface area (Å²) in [7, 11) is 0. The Bertz CT molecular complexity index is 295. The van der Waals surface area contributed by atoms with Crippen molar-refractivity contribution in [2.45, 2.75) is 56.7 Å². The van der Waals surface area contributed by atoms with Crippen LogP contribution in [0.5, 0.6) is 0 Å². The molecule has 1 aliphatic carbocycles. The molecule has 2 atom stereocenters. The molecule has 1 aliphatic heterocycles. The third-order valence-electron chi connectivity index (χ3n) is 4.50. The van der Waals surface area contributed by atoms with Gasteiger partial charge in [0.05, 0.1) is 5.92 Å². The lowest BCUT2D eigenvalue weighted by Gasteiger charge is -2.45. The molecule has 0 aromatic heterocycles. The van der Waals surface area contributed by atoms with Crippen LogP contribution in [0.2, 0.25) is 0 Å². The smallest absolute Gasteiger partial charge is 0.227 e. The van der Waals surface area contributed by atoms with E-state index < -0.39 is 0 Å². The first-order chi connectivity index (χ1) is 8.54. The molecule has 2 N–H and O–H groups in total. The maximum atomic E-state index is 12.4. The predicted molar refractivity (Wildman–Crippen MR) is 77.7 cm³/mol. The Balaban J connectivity index is 1.99. The monoisotopic (exact) mass is 270 g/mol. The molecular formula is C14H26N2OS. The Morgan fingerprint density at radius 2 is 1.94 bits per heavy atom. The molecule has 4 heteroatoms. The van der Waals surface area contributed by atoms with E-state index in [1.54, 1.807) is 0 Å². The highest BCUT2D eigenvalue weighted by Crippen LogP contribution is 2.42. The largest absolute Gasteiger partial charge is 0.340 e. The number of nitrogens with two attached hydrogens (primary N) is 1. The van der Waals surface area contributed by atoms with E-state index in [1.165, 1.54) is 32.1 Å². The summed E-state index contributed by atoms with van der Waals surface area (Å²) >= 11 is 2.10. The summed E-state index contributed by atoms with van der Waals surface area (Å²) in [6.45, 7) is 5.75. The van der Waals surface area contributed by atoms with Crippen molar-refractivity contribution in [3.05, 3.63) is 0 Å². The van der Waals surface area contributed by atoms with Crippen molar-refractivity contribution in [3.63, 3.8) is 0 Å². The van der Waals surface area contributed by atoms with Crippen LogP contribution in [-0.4, -0.2) is 40.4 Å². The maximum Gasteiger partial charge on any atom is 0.227 e. The van der Waals surface area contributed by atoms with Crippen molar-refractivity contribution in [3.8, 4) is 0 Å². The van der Waals surface area contributed by atoms with Crippen LogP contribution in [0.3, 0.4) is 0 Å². The molecule has 2 fully saturated rings. The number of hydrogen-bond acceptors (Lipinski definition) is 3. The van der Waals surface area contributed by atoms with Crippen molar-refractivity contribution in [2.75, 3.05) is 18.8 Å². The Labute approximate surface area is 115 Å². The molecule has 3 nitrogen and oxygen atoms in total. The first-order valence-corrected chi connectivity index (χ1v) is 8.21. The van der Waals surface area contributed by atoms with Crippen LogP contribution in [0.15, 0.2) is 0 Å². The van der Waals surface area contributed by atoms with Gasteiger partial charge >= 0.3 is 0 Å². The third-order valence-corrected chi connectivity index (χ3v) is 6.04. The Morgan fingerprint density at radius 1 is 1.28 bits per heavy atom. The van der Waals surface area contributed by atoms with E-state index in [-0.39, 0.29) is 17.9 Å². The molecule has 1 amide bonds. The number of amides is 1. The van der Waals surface area contributed by atoms with Crippen LogP contribution < -0.4 is 5.73 Å². The van der Waals surface area contributed by atoms with E-state index in [0.29, 0.717) is 4.75 Å². The van der Waals surface area contributed by atoms with E-state index in [9.17, 15) is 4.79 Å². The van der Waals surface area contributed by atoms with Crippen LogP contribution in [0.1, 0.15) is 46.0 Å². The molecule has 104 valence electrons. The van der Waals surface area contributed by atoms with Gasteiger partial charge in [-0.3, -0.25) is 4.79 Å². The van der Waals surface area contributed by atoms with Crippen LogP contribution in [0.25, 0.3) is 0 Å². The number of nitrogens with zero attached hydrogens (tertiary/aromatic N) is 1. The molecule has 2 rings (SSSR count). The fraction of sp³-hybridized carbons (Fsp3) is 0.929. The fourth-order valence-corrected chi connectivity index (χ4v) is 4.61. The highest BCUT2D eigenvalue weighted by atomic mass is 32.2. The van der Waals surface area contributed by atoms with Gasteiger partial charge in [-0.2, -0.15) is 11.8 Å². The maximum absolute atomic E-state index is 12.4. The second kappa shape index (κ2) is 5.83. The van der Waals surface area contributed by atoms with E-state index in [1.807, 2.05) is 13.8 Å². The molecule has 1 heterocycles. The normalized spacial score (nSPS) is 26.9. The van der Waals surface area contributed by atoms with Gasteiger partial charge in [-0.1, -0.05) is 26.2 Å². The lowest BCUT2D eigenvalue weighted by Crippen LogP contribution is -2.52. The predicted octanol–water partition coefficient (Wildman–Crippen LogP) is 2.25. The van der Waals surface area contributed by atoms with Crippen molar-refractivity contribution in [1.82, 2.24) is 4.90 Å². The van der Waals surface area contributed by atoms with Gasteiger partial charge in [0.15, 0.2) is 0 Å². The topological polar surface area (TPSA) is 46.3 Å². The molecule has 0 bridgehead atoms. The molecule has 0 radical (unpaired) electrons. The van der Waals surface area contributed by atoms with Crippen molar-refractivity contribution < 1.29 is 4.79 Å². The summed E-state index contributed by atoms with van der Waals surface area (Å²) in [5.41, 5.74) is 5.86. The lowest BCUT2D eigenvalue weighted by atomic mass is 9.87. The summed E-state index contributed by atoms with van der Waals surface area (Å²) < 4.78 is 0.365. The molecule has 1 saturated carbocycles. The Kier molecular flexibility index (Phi) is 4.59. The van der Waals surface area contributed by atoms with E-state index in [4.69, 9.17) is 5.73 Å². The quantitative estimate of drug-likeness (QED) is 0.837. The summed E-state index contributed by atoms with van der Waals surface area (Å²) in [4.78, 5) is 14.5. The van der Waals surface area contributed by atoms with Crippen molar-refractivity contribution in [2.24, 2.45) is 11.7 Å². The minimum absolute atomic E-state index is 0.0469. The number of thioether (sulfide) groups is 1. The average molecular weight is 270 g/mol.